The first-order valence-corrected chi connectivity index (χ1v) is 5.40. The van der Waals surface area contributed by atoms with Gasteiger partial charge in [0.15, 0.2) is 0 Å². The smallest absolute Gasteiger partial charge is 0.0135 e. The minimum atomic E-state index is 0.417. The predicted molar refractivity (Wildman–Crippen MR) is 38.1 cm³/mol. The van der Waals surface area contributed by atoms with E-state index in [1.165, 1.54) is 5.01 Å². The van der Waals surface area contributed by atoms with Crippen molar-refractivity contribution in [3.63, 3.8) is 0 Å². The fourth-order valence-corrected chi connectivity index (χ4v) is 0. The van der Waals surface area contributed by atoms with Crippen molar-refractivity contribution in [2.45, 2.75) is 13.1 Å². The molecule has 3 heteroatoms. The largest absolute Gasteiger partial charge is 0.269 e. The Kier molecular flexibility index (Phi) is 13.8. The van der Waals surface area contributed by atoms with E-state index in [-0.39, 0.29) is 0 Å². The molecule has 0 spiro atoms. The van der Waals surface area contributed by atoms with Crippen LogP contribution in [0.5, 0.6) is 0 Å². The number of nitrogens with zero attached hydrogens (tertiary/aromatic N) is 1. The molecule has 0 aromatic rings. The minimum Gasteiger partial charge on any atom is -0.269 e. The van der Waals surface area contributed by atoms with Crippen LogP contribution in [0.2, 0.25) is 13.1 Å². The summed E-state index contributed by atoms with van der Waals surface area (Å²) in [5.74, 6) is 4.94. The molecule has 2 nitrogen and oxygen atoms in total. The number of rotatable bonds is 0. The lowest BCUT2D eigenvalue weighted by atomic mass is 11.2. The van der Waals surface area contributed by atoms with Crippen molar-refractivity contribution in [1.82, 2.24) is 5.01 Å². The molecule has 0 bridgehead atoms. The Balaban J connectivity index is 0. The Labute approximate surface area is 48.5 Å². The second-order valence-corrected chi connectivity index (χ2v) is 3.08. The van der Waals surface area contributed by atoms with Gasteiger partial charge in [-0.15, -0.1) is 0 Å². The molecule has 46 valence electrons. The lowest BCUT2D eigenvalue weighted by molar-refractivity contribution is 0.432. The SMILES string of the molecule is CN(C)N.C[SiH2]C. The average molecular weight is 120 g/mol. The summed E-state index contributed by atoms with van der Waals surface area (Å²) in [5.41, 5.74) is 0. The Morgan fingerprint density at radius 1 is 1.29 bits per heavy atom. The quantitative estimate of drug-likeness (QED) is 0.269. The lowest BCUT2D eigenvalue weighted by Crippen LogP contribution is -2.18. The van der Waals surface area contributed by atoms with E-state index in [0.717, 1.165) is 0 Å². The summed E-state index contributed by atoms with van der Waals surface area (Å²) in [7, 11) is 3.97. The summed E-state index contributed by atoms with van der Waals surface area (Å²) in [6.07, 6.45) is 0. The van der Waals surface area contributed by atoms with Crippen molar-refractivity contribution < 1.29 is 0 Å². The highest BCUT2D eigenvalue weighted by Gasteiger charge is 1.57. The number of hydrogen-bond donors (Lipinski definition) is 1. The van der Waals surface area contributed by atoms with Gasteiger partial charge in [-0.2, -0.15) is 0 Å². The maximum atomic E-state index is 4.94. The van der Waals surface area contributed by atoms with Crippen LogP contribution < -0.4 is 5.84 Å². The van der Waals surface area contributed by atoms with Crippen LogP contribution in [0.1, 0.15) is 0 Å². The number of nitrogens with two attached hydrogens (primary N) is 1. The second kappa shape index (κ2) is 9.46. The highest BCUT2D eigenvalue weighted by Crippen LogP contribution is 1.37. The van der Waals surface area contributed by atoms with Crippen LogP contribution in [0.3, 0.4) is 0 Å². The van der Waals surface area contributed by atoms with E-state index in [9.17, 15) is 0 Å². The molecule has 0 fully saturated rings. The van der Waals surface area contributed by atoms with Crippen molar-refractivity contribution in [2.75, 3.05) is 14.1 Å². The van der Waals surface area contributed by atoms with Gasteiger partial charge in [0.25, 0.3) is 0 Å². The molecule has 0 rings (SSSR count). The van der Waals surface area contributed by atoms with E-state index in [1.807, 2.05) is 0 Å². The van der Waals surface area contributed by atoms with Gasteiger partial charge in [-0.05, 0) is 0 Å². The number of hydrazine groups is 1. The molecule has 0 aliphatic carbocycles. The number of hydrogen-bond acceptors (Lipinski definition) is 2. The van der Waals surface area contributed by atoms with Crippen molar-refractivity contribution in [3.05, 3.63) is 0 Å². The van der Waals surface area contributed by atoms with Crippen LogP contribution in [0.25, 0.3) is 0 Å². The van der Waals surface area contributed by atoms with Crippen LogP contribution in [0.15, 0.2) is 0 Å². The maximum absolute atomic E-state index is 4.94. The standard InChI is InChI=1S/C2H8N2.C2H8Si/c1-4(2)3;1-3-2/h3H2,1-2H3;3H2,1-2H3. The summed E-state index contributed by atoms with van der Waals surface area (Å²) < 4.78 is 0. The molecule has 2 N–H and O–H groups in total. The summed E-state index contributed by atoms with van der Waals surface area (Å²) >= 11 is 0. The third-order valence-electron chi connectivity index (χ3n) is 0. The third kappa shape index (κ3) is 5610. The van der Waals surface area contributed by atoms with Gasteiger partial charge in [-0.1, -0.05) is 13.1 Å². The molecule has 0 heterocycles. The van der Waals surface area contributed by atoms with Crippen LogP contribution >= 0.6 is 0 Å². The van der Waals surface area contributed by atoms with E-state index < -0.39 is 0 Å². The first-order valence-electron chi connectivity index (χ1n) is 2.57. The Bertz CT molecular complexity index is 20.9. The van der Waals surface area contributed by atoms with Crippen LogP contribution in [-0.4, -0.2) is 28.6 Å². The molecule has 0 amide bonds. The summed E-state index contributed by atoms with van der Waals surface area (Å²) in [6, 6.07) is 0. The van der Waals surface area contributed by atoms with Gasteiger partial charge in [-0.25, -0.2) is 0 Å². The van der Waals surface area contributed by atoms with E-state index >= 15 is 0 Å². The average Bonchev–Trinajstić information content (AvgIpc) is 1.33. The fourth-order valence-electron chi connectivity index (χ4n) is 0. The van der Waals surface area contributed by atoms with E-state index in [1.54, 1.807) is 14.1 Å². The highest BCUT2D eigenvalue weighted by atomic mass is 28.2. The van der Waals surface area contributed by atoms with Crippen molar-refractivity contribution in [1.29, 1.82) is 0 Å². The molecule has 0 aliphatic rings. The zero-order valence-electron chi connectivity index (χ0n) is 5.73. The summed E-state index contributed by atoms with van der Waals surface area (Å²) in [4.78, 5) is 0. The predicted octanol–water partition coefficient (Wildman–Crippen LogP) is -0.327. The molecule has 0 unspecified atom stereocenters. The van der Waals surface area contributed by atoms with E-state index in [2.05, 4.69) is 13.1 Å². The molecule has 7 heavy (non-hydrogen) atoms. The molecule has 0 aromatic heterocycles. The maximum Gasteiger partial charge on any atom is 0.0135 e. The zero-order valence-corrected chi connectivity index (χ0v) is 7.15. The highest BCUT2D eigenvalue weighted by molar-refractivity contribution is 6.31. The van der Waals surface area contributed by atoms with Crippen LogP contribution in [0, 0.1) is 0 Å². The van der Waals surface area contributed by atoms with Crippen molar-refractivity contribution in [3.8, 4) is 0 Å². The normalized spacial score (nSPS) is 7.71. The lowest BCUT2D eigenvalue weighted by Gasteiger charge is -1.91. The zero-order chi connectivity index (χ0) is 6.28. The molecule has 0 aliphatic heterocycles. The molecule has 0 saturated carbocycles. The monoisotopic (exact) mass is 120 g/mol. The molecular formula is C4H16N2Si. The van der Waals surface area contributed by atoms with Gasteiger partial charge in [0.05, 0.1) is 0 Å². The minimum absolute atomic E-state index is 0.417. The van der Waals surface area contributed by atoms with Crippen molar-refractivity contribution in [2.24, 2.45) is 5.84 Å². The van der Waals surface area contributed by atoms with Crippen LogP contribution in [0.4, 0.5) is 0 Å². The second-order valence-electron chi connectivity index (χ2n) is 1.67. The molecular weight excluding hydrogens is 104 g/mol. The van der Waals surface area contributed by atoms with Crippen LogP contribution in [-0.2, 0) is 0 Å². The molecule has 0 radical (unpaired) electrons. The topological polar surface area (TPSA) is 29.3 Å². The summed E-state index contributed by atoms with van der Waals surface area (Å²) in [5, 5.41) is 1.50. The van der Waals surface area contributed by atoms with Crippen molar-refractivity contribution >= 4 is 9.52 Å². The fraction of sp³-hybridized carbons (Fsp3) is 1.00. The third-order valence-corrected chi connectivity index (χ3v) is 0. The van der Waals surface area contributed by atoms with Gasteiger partial charge in [-0.3, -0.25) is 10.9 Å². The van der Waals surface area contributed by atoms with Gasteiger partial charge >= 0.3 is 0 Å². The molecule has 0 saturated heterocycles. The first kappa shape index (κ1) is 10.2. The molecule has 0 aromatic carbocycles. The van der Waals surface area contributed by atoms with E-state index in [4.69, 9.17) is 5.84 Å². The van der Waals surface area contributed by atoms with Gasteiger partial charge < -0.3 is 0 Å². The van der Waals surface area contributed by atoms with Gasteiger partial charge in [0.1, 0.15) is 0 Å². The molecule has 0 atom stereocenters. The van der Waals surface area contributed by atoms with E-state index in [0.29, 0.717) is 9.52 Å². The summed E-state index contributed by atoms with van der Waals surface area (Å²) in [6.45, 7) is 4.53. The Morgan fingerprint density at radius 2 is 1.29 bits per heavy atom. The first-order chi connectivity index (χ1) is 3.15. The van der Waals surface area contributed by atoms with Gasteiger partial charge in [0.2, 0.25) is 0 Å². The Hall–Kier alpha value is 0.137. The van der Waals surface area contributed by atoms with Gasteiger partial charge in [0, 0.05) is 23.6 Å². The Morgan fingerprint density at radius 3 is 1.29 bits per heavy atom.